The van der Waals surface area contributed by atoms with Gasteiger partial charge < -0.3 is 4.74 Å². The topological polar surface area (TPSA) is 38.8 Å². The number of benzene rings is 2. The smallest absolute Gasteiger partial charge is 0.246 e. The molecule has 4 nitrogen and oxygen atoms in total. The second kappa shape index (κ2) is 6.62. The van der Waals surface area contributed by atoms with Crippen LogP contribution in [0, 0.1) is 0 Å². The summed E-state index contributed by atoms with van der Waals surface area (Å²) in [5, 5.41) is 1.42. The molecule has 1 unspecified atom stereocenters. The number of rotatable bonds is 5. The van der Waals surface area contributed by atoms with Crippen LogP contribution in [0.5, 0.6) is 5.75 Å². The van der Waals surface area contributed by atoms with E-state index in [2.05, 4.69) is 0 Å². The second-order valence-electron chi connectivity index (χ2n) is 5.38. The van der Waals surface area contributed by atoms with E-state index in [1.807, 2.05) is 54.6 Å². The number of ether oxygens (including phenoxy) is 1. The first-order chi connectivity index (χ1) is 10.8. The van der Waals surface area contributed by atoms with Crippen LogP contribution in [0.4, 0.5) is 0 Å². The van der Waals surface area contributed by atoms with Gasteiger partial charge in [0.1, 0.15) is 12.4 Å². The molecule has 2 aromatic rings. The van der Waals surface area contributed by atoms with Crippen molar-refractivity contribution >= 4 is 5.91 Å². The van der Waals surface area contributed by atoms with Crippen molar-refractivity contribution in [3.8, 4) is 5.75 Å². The Hall–Kier alpha value is -2.33. The summed E-state index contributed by atoms with van der Waals surface area (Å²) < 4.78 is 5.77. The van der Waals surface area contributed by atoms with Crippen LogP contribution in [0.1, 0.15) is 23.5 Å². The molecule has 0 spiro atoms. The van der Waals surface area contributed by atoms with E-state index in [1.54, 1.807) is 0 Å². The van der Waals surface area contributed by atoms with Crippen molar-refractivity contribution in [1.82, 2.24) is 5.06 Å². The lowest BCUT2D eigenvalue weighted by Gasteiger charge is -2.13. The van der Waals surface area contributed by atoms with Crippen LogP contribution in [-0.4, -0.2) is 24.6 Å². The van der Waals surface area contributed by atoms with Crippen LogP contribution in [0.25, 0.3) is 0 Å². The maximum atomic E-state index is 11.7. The fourth-order valence-electron chi connectivity index (χ4n) is 2.66. The predicted octanol–water partition coefficient (Wildman–Crippen LogP) is 3.14. The molecule has 0 radical (unpaired) electrons. The lowest BCUT2D eigenvalue weighted by Crippen LogP contribution is -2.23. The first-order valence-electron chi connectivity index (χ1n) is 7.37. The molecule has 0 saturated carbocycles. The average Bonchev–Trinajstić information content (AvgIpc) is 2.95. The van der Waals surface area contributed by atoms with E-state index in [-0.39, 0.29) is 11.8 Å². The first-order valence-corrected chi connectivity index (χ1v) is 7.37. The molecule has 22 heavy (non-hydrogen) atoms. The Morgan fingerprint density at radius 1 is 1.09 bits per heavy atom. The Kier molecular flexibility index (Phi) is 4.39. The van der Waals surface area contributed by atoms with Gasteiger partial charge in [0.2, 0.25) is 5.91 Å². The molecule has 1 heterocycles. The fraction of sp³-hybridized carbons (Fsp3) is 0.278. The molecule has 1 amide bonds. The van der Waals surface area contributed by atoms with Crippen LogP contribution in [0.15, 0.2) is 54.6 Å². The number of amides is 1. The highest BCUT2D eigenvalue weighted by atomic mass is 16.7. The largest absolute Gasteiger partial charge is 0.489 e. The van der Waals surface area contributed by atoms with Crippen molar-refractivity contribution in [2.75, 3.05) is 13.7 Å². The normalized spacial score (nSPS) is 17.8. The van der Waals surface area contributed by atoms with Crippen molar-refractivity contribution in [2.45, 2.75) is 18.9 Å². The van der Waals surface area contributed by atoms with Gasteiger partial charge in [-0.1, -0.05) is 42.5 Å². The van der Waals surface area contributed by atoms with Gasteiger partial charge in [-0.05, 0) is 23.3 Å². The zero-order valence-electron chi connectivity index (χ0n) is 12.6. The monoisotopic (exact) mass is 297 g/mol. The van der Waals surface area contributed by atoms with E-state index in [4.69, 9.17) is 9.57 Å². The molecule has 0 N–H and O–H groups in total. The molecule has 114 valence electrons. The molecule has 3 rings (SSSR count). The van der Waals surface area contributed by atoms with E-state index in [0.717, 1.165) is 16.9 Å². The van der Waals surface area contributed by atoms with Crippen LogP contribution in [0.3, 0.4) is 0 Å². The summed E-state index contributed by atoms with van der Waals surface area (Å²) in [5.74, 6) is 1.06. The number of hydroxylamine groups is 2. The van der Waals surface area contributed by atoms with Gasteiger partial charge in [-0.3, -0.25) is 9.63 Å². The van der Waals surface area contributed by atoms with Crippen molar-refractivity contribution < 1.29 is 14.4 Å². The minimum absolute atomic E-state index is 0.0388. The van der Waals surface area contributed by atoms with Gasteiger partial charge in [-0.2, -0.15) is 0 Å². The summed E-state index contributed by atoms with van der Waals surface area (Å²) in [5.41, 5.74) is 2.28. The van der Waals surface area contributed by atoms with Crippen molar-refractivity contribution in [3.05, 3.63) is 65.7 Å². The van der Waals surface area contributed by atoms with Crippen LogP contribution < -0.4 is 4.74 Å². The van der Waals surface area contributed by atoms with E-state index < -0.39 is 0 Å². The molecule has 0 bridgehead atoms. The maximum absolute atomic E-state index is 11.7. The van der Waals surface area contributed by atoms with Gasteiger partial charge in [-0.25, -0.2) is 5.06 Å². The summed E-state index contributed by atoms with van der Waals surface area (Å²) in [4.78, 5) is 16.7. The van der Waals surface area contributed by atoms with Crippen molar-refractivity contribution in [3.63, 3.8) is 0 Å². The lowest BCUT2D eigenvalue weighted by atomic mass is 9.98. The molecular formula is C18H19NO3. The summed E-state index contributed by atoms with van der Waals surface area (Å²) in [6.07, 6.45) is 0.498. The predicted molar refractivity (Wildman–Crippen MR) is 83.3 cm³/mol. The molecule has 1 fully saturated rings. The summed E-state index contributed by atoms with van der Waals surface area (Å²) in [6.45, 7) is 1.17. The van der Waals surface area contributed by atoms with Crippen LogP contribution in [-0.2, 0) is 16.2 Å². The quantitative estimate of drug-likeness (QED) is 0.851. The summed E-state index contributed by atoms with van der Waals surface area (Å²) in [6, 6.07) is 18.0. The Balaban J connectivity index is 1.60. The zero-order chi connectivity index (χ0) is 15.4. The number of hydrogen-bond acceptors (Lipinski definition) is 3. The molecule has 2 aromatic carbocycles. The maximum Gasteiger partial charge on any atom is 0.246 e. The minimum Gasteiger partial charge on any atom is -0.489 e. The third-order valence-electron chi connectivity index (χ3n) is 3.91. The number of carbonyl (C=O) groups excluding carboxylic acids is 1. The molecule has 4 heteroatoms. The Labute approximate surface area is 130 Å². The third kappa shape index (κ3) is 3.28. The van der Waals surface area contributed by atoms with Gasteiger partial charge >= 0.3 is 0 Å². The van der Waals surface area contributed by atoms with Crippen molar-refractivity contribution in [1.29, 1.82) is 0 Å². The molecule has 1 saturated heterocycles. The highest BCUT2D eigenvalue weighted by Gasteiger charge is 2.30. The summed E-state index contributed by atoms with van der Waals surface area (Å²) >= 11 is 0. The fourth-order valence-corrected chi connectivity index (χ4v) is 2.66. The highest BCUT2D eigenvalue weighted by molar-refractivity contribution is 5.78. The second-order valence-corrected chi connectivity index (χ2v) is 5.38. The van der Waals surface area contributed by atoms with E-state index in [0.29, 0.717) is 19.6 Å². The van der Waals surface area contributed by atoms with Gasteiger partial charge in [0.25, 0.3) is 0 Å². The van der Waals surface area contributed by atoms with Gasteiger partial charge in [0, 0.05) is 12.3 Å². The molecule has 0 aliphatic carbocycles. The average molecular weight is 297 g/mol. The SMILES string of the molecule is CON1CC(c2ccc(OCc3ccccc3)cc2)CC1=O. The standard InChI is InChI=1S/C18H19NO3/c1-21-19-12-16(11-18(19)20)15-7-9-17(10-8-15)22-13-14-5-3-2-4-6-14/h2-10,16H,11-13H2,1H3. The molecule has 0 aromatic heterocycles. The molecule has 1 aliphatic heterocycles. The number of carbonyl (C=O) groups is 1. The number of nitrogens with zero attached hydrogens (tertiary/aromatic N) is 1. The molecular weight excluding hydrogens is 278 g/mol. The van der Waals surface area contributed by atoms with Gasteiger partial charge in [0.15, 0.2) is 0 Å². The van der Waals surface area contributed by atoms with Crippen molar-refractivity contribution in [2.24, 2.45) is 0 Å². The van der Waals surface area contributed by atoms with E-state index >= 15 is 0 Å². The zero-order valence-corrected chi connectivity index (χ0v) is 12.6. The lowest BCUT2D eigenvalue weighted by molar-refractivity contribution is -0.167. The van der Waals surface area contributed by atoms with E-state index in [9.17, 15) is 4.79 Å². The third-order valence-corrected chi connectivity index (χ3v) is 3.91. The highest BCUT2D eigenvalue weighted by Crippen LogP contribution is 2.29. The van der Waals surface area contributed by atoms with Gasteiger partial charge in [-0.15, -0.1) is 0 Å². The number of hydrogen-bond donors (Lipinski definition) is 0. The Morgan fingerprint density at radius 3 is 2.45 bits per heavy atom. The molecule has 1 aliphatic rings. The first kappa shape index (κ1) is 14.6. The van der Waals surface area contributed by atoms with E-state index in [1.165, 1.54) is 12.2 Å². The summed E-state index contributed by atoms with van der Waals surface area (Å²) in [7, 11) is 1.53. The minimum atomic E-state index is 0.0388. The molecule has 1 atom stereocenters. The van der Waals surface area contributed by atoms with Crippen LogP contribution in [0.2, 0.25) is 0 Å². The Morgan fingerprint density at radius 2 is 1.82 bits per heavy atom. The Bertz CT molecular complexity index is 625. The van der Waals surface area contributed by atoms with Crippen LogP contribution >= 0.6 is 0 Å². The van der Waals surface area contributed by atoms with Gasteiger partial charge in [0.05, 0.1) is 13.7 Å².